The molecule has 10 rings (SSSR count). The molecule has 0 unspecified atom stereocenters. The van der Waals surface area contributed by atoms with E-state index in [9.17, 15) is 5.26 Å². The molecule has 0 saturated carbocycles. The van der Waals surface area contributed by atoms with Crippen molar-refractivity contribution < 1.29 is 4.42 Å². The molecule has 0 amide bonds. The largest absolute Gasteiger partial charge is 0.456 e. The quantitative estimate of drug-likeness (QED) is 0.183. The molecule has 0 saturated heterocycles. The summed E-state index contributed by atoms with van der Waals surface area (Å²) in [6, 6.07) is 57.3. The number of fused-ring (bicyclic) bond motifs is 7. The second kappa shape index (κ2) is 11.9. The number of hydrogen-bond acceptors (Lipinski definition) is 5. The second-order valence-electron chi connectivity index (χ2n) is 12.7. The van der Waals surface area contributed by atoms with Gasteiger partial charge < -0.3 is 8.98 Å². The fourth-order valence-electron chi connectivity index (χ4n) is 7.35. The summed E-state index contributed by atoms with van der Waals surface area (Å²) in [5.41, 5.74) is 9.56. The van der Waals surface area contributed by atoms with Gasteiger partial charge in [-0.05, 0) is 48.5 Å². The van der Waals surface area contributed by atoms with Crippen LogP contribution < -0.4 is 0 Å². The van der Waals surface area contributed by atoms with Crippen molar-refractivity contribution in [3.05, 3.63) is 169 Å². The summed E-state index contributed by atoms with van der Waals surface area (Å²) < 4.78 is 8.71. The summed E-state index contributed by atoms with van der Waals surface area (Å²) in [7, 11) is 0. The first-order chi connectivity index (χ1) is 25.7. The minimum absolute atomic E-state index is 0.542. The van der Waals surface area contributed by atoms with Gasteiger partial charge in [0, 0.05) is 44.0 Å². The molecule has 0 atom stereocenters. The maximum absolute atomic E-state index is 10.4. The van der Waals surface area contributed by atoms with Gasteiger partial charge in [-0.15, -0.1) is 0 Å². The van der Waals surface area contributed by atoms with Gasteiger partial charge in [0.05, 0.1) is 33.7 Å². The van der Waals surface area contributed by atoms with Gasteiger partial charge in [-0.3, -0.25) is 0 Å². The summed E-state index contributed by atoms with van der Waals surface area (Å²) in [5.74, 6) is 1.72. The summed E-state index contributed by atoms with van der Waals surface area (Å²) in [5, 5.41) is 14.7. The highest BCUT2D eigenvalue weighted by Gasteiger charge is 2.22. The van der Waals surface area contributed by atoms with Crippen molar-refractivity contribution in [2.24, 2.45) is 0 Å². The summed E-state index contributed by atoms with van der Waals surface area (Å²) in [6.07, 6.45) is 0. The van der Waals surface area contributed by atoms with Gasteiger partial charge >= 0.3 is 0 Å². The van der Waals surface area contributed by atoms with Crippen LogP contribution in [0.4, 0.5) is 0 Å². The van der Waals surface area contributed by atoms with E-state index in [0.29, 0.717) is 23.0 Å². The van der Waals surface area contributed by atoms with Crippen LogP contribution in [0.2, 0.25) is 0 Å². The first-order valence-electron chi connectivity index (χ1n) is 17.1. The molecular formula is C46H27N5O. The average molecular weight is 666 g/mol. The topological polar surface area (TPSA) is 80.5 Å². The number of furan rings is 1. The van der Waals surface area contributed by atoms with E-state index in [-0.39, 0.29) is 0 Å². The number of nitriles is 1. The van der Waals surface area contributed by atoms with Crippen molar-refractivity contribution >= 4 is 43.7 Å². The molecule has 0 spiro atoms. The van der Waals surface area contributed by atoms with Crippen LogP contribution in [0.5, 0.6) is 0 Å². The number of hydrogen-bond donors (Lipinski definition) is 0. The minimum atomic E-state index is 0.542. The zero-order valence-electron chi connectivity index (χ0n) is 27.7. The van der Waals surface area contributed by atoms with Gasteiger partial charge in [-0.25, -0.2) is 15.0 Å². The molecule has 0 aliphatic rings. The molecule has 242 valence electrons. The first-order valence-corrected chi connectivity index (χ1v) is 17.1. The Morgan fingerprint density at radius 1 is 0.481 bits per heavy atom. The Hall–Kier alpha value is -7.36. The third-order valence-electron chi connectivity index (χ3n) is 9.71. The molecule has 0 radical (unpaired) electrons. The number of para-hydroxylation sites is 2. The Bertz CT molecular complexity index is 2970. The number of benzene rings is 7. The summed E-state index contributed by atoms with van der Waals surface area (Å²) >= 11 is 0. The van der Waals surface area contributed by atoms with E-state index in [0.717, 1.165) is 77.2 Å². The molecular weight excluding hydrogens is 639 g/mol. The molecule has 10 aromatic rings. The SMILES string of the molecule is N#Cc1ccccc1-c1cc(-c2nc(-c3ccccc3)nc(-c3ccccc3)n2)ccc1-n1c2ccccc2c2ccc3oc4ccccc4c3c21. The lowest BCUT2D eigenvalue weighted by Gasteiger charge is -2.17. The average Bonchev–Trinajstić information content (AvgIpc) is 3.77. The Morgan fingerprint density at radius 3 is 1.83 bits per heavy atom. The van der Waals surface area contributed by atoms with Gasteiger partial charge in [-0.1, -0.05) is 115 Å². The summed E-state index contributed by atoms with van der Waals surface area (Å²) in [4.78, 5) is 15.0. The van der Waals surface area contributed by atoms with E-state index in [2.05, 4.69) is 77.4 Å². The minimum Gasteiger partial charge on any atom is -0.456 e. The Labute approximate surface area is 298 Å². The van der Waals surface area contributed by atoms with Crippen LogP contribution in [-0.2, 0) is 0 Å². The van der Waals surface area contributed by atoms with Crippen molar-refractivity contribution in [2.75, 3.05) is 0 Å². The maximum atomic E-state index is 10.4. The van der Waals surface area contributed by atoms with E-state index in [1.165, 1.54) is 0 Å². The molecule has 0 aliphatic heterocycles. The third kappa shape index (κ3) is 4.68. The van der Waals surface area contributed by atoms with Gasteiger partial charge in [0.2, 0.25) is 0 Å². The molecule has 0 bridgehead atoms. The van der Waals surface area contributed by atoms with Gasteiger partial charge in [0.1, 0.15) is 11.2 Å². The Kier molecular flexibility index (Phi) is 6.76. The standard InChI is InChI=1S/C46H27N5O/c47-28-32-17-7-8-18-33(32)37-27-31(46-49-44(29-13-3-1-4-14-29)48-45(50-46)30-15-5-2-6-16-30)23-25-39(37)51-38-21-11-9-19-34(38)35-24-26-41-42(43(35)51)36-20-10-12-22-40(36)52-41/h1-27H. The van der Waals surface area contributed by atoms with Crippen LogP contribution in [-0.4, -0.2) is 19.5 Å². The highest BCUT2D eigenvalue weighted by Crippen LogP contribution is 2.43. The Balaban J connectivity index is 1.30. The van der Waals surface area contributed by atoms with Crippen LogP contribution in [0.3, 0.4) is 0 Å². The number of aromatic nitrogens is 4. The van der Waals surface area contributed by atoms with Crippen LogP contribution in [0.15, 0.2) is 168 Å². The molecule has 0 aliphatic carbocycles. The van der Waals surface area contributed by atoms with E-state index in [1.54, 1.807) is 0 Å². The fraction of sp³-hybridized carbons (Fsp3) is 0. The molecule has 3 heterocycles. The molecule has 6 nitrogen and oxygen atoms in total. The lowest BCUT2D eigenvalue weighted by atomic mass is 9.96. The number of nitrogens with zero attached hydrogens (tertiary/aromatic N) is 5. The van der Waals surface area contributed by atoms with Crippen LogP contribution >= 0.6 is 0 Å². The molecule has 0 fully saturated rings. The van der Waals surface area contributed by atoms with Gasteiger partial charge in [-0.2, -0.15) is 5.26 Å². The highest BCUT2D eigenvalue weighted by molar-refractivity contribution is 6.24. The predicted molar refractivity (Wildman–Crippen MR) is 208 cm³/mol. The van der Waals surface area contributed by atoms with E-state index < -0.39 is 0 Å². The van der Waals surface area contributed by atoms with Crippen molar-refractivity contribution in [3.63, 3.8) is 0 Å². The van der Waals surface area contributed by atoms with E-state index >= 15 is 0 Å². The monoisotopic (exact) mass is 665 g/mol. The third-order valence-corrected chi connectivity index (χ3v) is 9.71. The fourth-order valence-corrected chi connectivity index (χ4v) is 7.35. The lowest BCUT2D eigenvalue weighted by molar-refractivity contribution is 0.669. The van der Waals surface area contributed by atoms with Gasteiger partial charge in [0.25, 0.3) is 0 Å². The van der Waals surface area contributed by atoms with Crippen molar-refractivity contribution in [1.29, 1.82) is 5.26 Å². The maximum Gasteiger partial charge on any atom is 0.164 e. The second-order valence-corrected chi connectivity index (χ2v) is 12.7. The predicted octanol–water partition coefficient (Wildman–Crippen LogP) is 11.4. The van der Waals surface area contributed by atoms with Crippen LogP contribution in [0, 0.1) is 11.3 Å². The normalized spacial score (nSPS) is 11.4. The zero-order valence-corrected chi connectivity index (χ0v) is 27.7. The van der Waals surface area contributed by atoms with Crippen molar-refractivity contribution in [3.8, 4) is 57.0 Å². The number of rotatable bonds is 5. The molecule has 3 aromatic heterocycles. The van der Waals surface area contributed by atoms with Gasteiger partial charge in [0.15, 0.2) is 17.5 Å². The van der Waals surface area contributed by atoms with Crippen molar-refractivity contribution in [1.82, 2.24) is 19.5 Å². The summed E-state index contributed by atoms with van der Waals surface area (Å²) in [6.45, 7) is 0. The molecule has 52 heavy (non-hydrogen) atoms. The van der Waals surface area contributed by atoms with Crippen molar-refractivity contribution in [2.45, 2.75) is 0 Å². The van der Waals surface area contributed by atoms with E-state index in [1.807, 2.05) is 97.1 Å². The molecule has 6 heteroatoms. The zero-order chi connectivity index (χ0) is 34.6. The first kappa shape index (κ1) is 29.5. The van der Waals surface area contributed by atoms with Crippen LogP contribution in [0.1, 0.15) is 5.56 Å². The smallest absolute Gasteiger partial charge is 0.164 e. The molecule has 7 aromatic carbocycles. The highest BCUT2D eigenvalue weighted by atomic mass is 16.3. The van der Waals surface area contributed by atoms with Crippen LogP contribution in [0.25, 0.3) is 94.7 Å². The lowest BCUT2D eigenvalue weighted by Crippen LogP contribution is -2.02. The van der Waals surface area contributed by atoms with E-state index in [4.69, 9.17) is 19.4 Å². The Morgan fingerprint density at radius 2 is 1.10 bits per heavy atom. The molecule has 0 N–H and O–H groups in total.